The topological polar surface area (TPSA) is 68.8 Å². The molecule has 0 saturated heterocycles. The van der Waals surface area contributed by atoms with E-state index in [0.717, 1.165) is 4.57 Å². The maximum atomic E-state index is 13.2. The van der Waals surface area contributed by atoms with Crippen molar-refractivity contribution in [3.05, 3.63) is 65.5 Å². The number of aryl methyl sites for hydroxylation is 1. The minimum Gasteiger partial charge on any atom is -0.321 e. The van der Waals surface area contributed by atoms with Crippen LogP contribution >= 0.6 is 0 Å². The largest absolute Gasteiger partial charge is 0.451 e. The highest BCUT2D eigenvalue weighted by molar-refractivity contribution is 5.92. The normalized spacial score (nSPS) is 17.0. The molecule has 10 heteroatoms. The SMILES string of the molecule is Cn1ccc(C(=O)N2CCn3c(nnc3C(F)(F)F)C2c2ccccc2)n1. The summed E-state index contributed by atoms with van der Waals surface area (Å²) in [6, 6.07) is 9.62. The second-order valence-electron chi connectivity index (χ2n) is 6.22. The summed E-state index contributed by atoms with van der Waals surface area (Å²) < 4.78 is 42.3. The molecule has 3 aromatic rings. The van der Waals surface area contributed by atoms with E-state index in [-0.39, 0.29) is 30.5 Å². The van der Waals surface area contributed by atoms with Crippen molar-refractivity contribution in [2.24, 2.45) is 7.05 Å². The molecule has 0 radical (unpaired) electrons. The molecule has 0 N–H and O–H groups in total. The number of rotatable bonds is 2. The number of fused-ring (bicyclic) bond motifs is 1. The number of benzene rings is 1. The molecule has 1 amide bonds. The van der Waals surface area contributed by atoms with Crippen molar-refractivity contribution >= 4 is 5.91 Å². The van der Waals surface area contributed by atoms with Gasteiger partial charge in [0.25, 0.3) is 5.91 Å². The average molecular weight is 376 g/mol. The van der Waals surface area contributed by atoms with Crippen LogP contribution in [0.2, 0.25) is 0 Å². The summed E-state index contributed by atoms with van der Waals surface area (Å²) in [4.78, 5) is 14.5. The number of hydrogen-bond acceptors (Lipinski definition) is 4. The Labute approximate surface area is 152 Å². The van der Waals surface area contributed by atoms with Crippen LogP contribution in [0.3, 0.4) is 0 Å². The Hall–Kier alpha value is -3.17. The van der Waals surface area contributed by atoms with Crippen molar-refractivity contribution in [2.45, 2.75) is 18.8 Å². The van der Waals surface area contributed by atoms with Crippen LogP contribution in [0.15, 0.2) is 42.6 Å². The molecular formula is C17H15F3N6O. The molecule has 1 unspecified atom stereocenters. The summed E-state index contributed by atoms with van der Waals surface area (Å²) >= 11 is 0. The van der Waals surface area contributed by atoms with Crippen LogP contribution in [0.5, 0.6) is 0 Å². The van der Waals surface area contributed by atoms with Gasteiger partial charge in [-0.3, -0.25) is 9.48 Å². The number of carbonyl (C=O) groups is 1. The van der Waals surface area contributed by atoms with E-state index in [1.165, 1.54) is 9.58 Å². The van der Waals surface area contributed by atoms with E-state index in [9.17, 15) is 18.0 Å². The number of hydrogen-bond donors (Lipinski definition) is 0. The van der Waals surface area contributed by atoms with Gasteiger partial charge in [0.05, 0.1) is 0 Å². The number of alkyl halides is 3. The van der Waals surface area contributed by atoms with Crippen molar-refractivity contribution < 1.29 is 18.0 Å². The predicted octanol–water partition coefficient (Wildman–Crippen LogP) is 2.28. The number of carbonyl (C=O) groups excluding carboxylic acids is 1. The lowest BCUT2D eigenvalue weighted by Gasteiger charge is -2.35. The quantitative estimate of drug-likeness (QED) is 0.688. The van der Waals surface area contributed by atoms with Crippen LogP contribution in [0, 0.1) is 0 Å². The van der Waals surface area contributed by atoms with E-state index in [2.05, 4.69) is 15.3 Å². The van der Waals surface area contributed by atoms with Gasteiger partial charge in [-0.05, 0) is 11.6 Å². The Morgan fingerprint density at radius 2 is 1.85 bits per heavy atom. The van der Waals surface area contributed by atoms with Gasteiger partial charge in [-0.1, -0.05) is 30.3 Å². The van der Waals surface area contributed by atoms with Crippen LogP contribution in [0.4, 0.5) is 13.2 Å². The molecule has 7 nitrogen and oxygen atoms in total. The first-order chi connectivity index (χ1) is 12.9. The molecule has 140 valence electrons. The highest BCUT2D eigenvalue weighted by Gasteiger charge is 2.43. The monoisotopic (exact) mass is 376 g/mol. The Morgan fingerprint density at radius 3 is 2.48 bits per heavy atom. The van der Waals surface area contributed by atoms with E-state index >= 15 is 0 Å². The smallest absolute Gasteiger partial charge is 0.321 e. The predicted molar refractivity (Wildman–Crippen MR) is 87.6 cm³/mol. The highest BCUT2D eigenvalue weighted by atomic mass is 19.4. The van der Waals surface area contributed by atoms with Crippen molar-refractivity contribution in [1.82, 2.24) is 29.4 Å². The minimum atomic E-state index is -4.61. The van der Waals surface area contributed by atoms with Gasteiger partial charge in [-0.15, -0.1) is 10.2 Å². The van der Waals surface area contributed by atoms with E-state index < -0.39 is 18.0 Å². The second kappa shape index (κ2) is 6.22. The van der Waals surface area contributed by atoms with Crippen LogP contribution in [0.25, 0.3) is 0 Å². The Bertz CT molecular complexity index is 978. The number of halogens is 3. The third-order valence-corrected chi connectivity index (χ3v) is 4.46. The maximum absolute atomic E-state index is 13.2. The zero-order chi connectivity index (χ0) is 19.2. The number of amides is 1. The van der Waals surface area contributed by atoms with Crippen LogP contribution < -0.4 is 0 Å². The fourth-order valence-electron chi connectivity index (χ4n) is 3.28. The van der Waals surface area contributed by atoms with E-state index in [0.29, 0.717) is 5.56 Å². The van der Waals surface area contributed by atoms with Gasteiger partial charge in [0.2, 0.25) is 5.82 Å². The van der Waals surface area contributed by atoms with Crippen molar-refractivity contribution in [3.63, 3.8) is 0 Å². The Kier molecular flexibility index (Phi) is 3.97. The van der Waals surface area contributed by atoms with Crippen molar-refractivity contribution in [1.29, 1.82) is 0 Å². The molecule has 0 bridgehead atoms. The third-order valence-electron chi connectivity index (χ3n) is 4.46. The first kappa shape index (κ1) is 17.3. The molecular weight excluding hydrogens is 361 g/mol. The van der Waals surface area contributed by atoms with Crippen molar-refractivity contribution in [3.8, 4) is 0 Å². The summed E-state index contributed by atoms with van der Waals surface area (Å²) in [5.41, 5.74) is 0.881. The van der Waals surface area contributed by atoms with Crippen LogP contribution in [-0.2, 0) is 19.8 Å². The Balaban J connectivity index is 1.81. The Morgan fingerprint density at radius 1 is 1.11 bits per heavy atom. The summed E-state index contributed by atoms with van der Waals surface area (Å²) in [5, 5.41) is 11.2. The molecule has 0 fully saturated rings. The maximum Gasteiger partial charge on any atom is 0.451 e. The molecule has 4 rings (SSSR count). The molecule has 0 saturated carbocycles. The first-order valence-electron chi connectivity index (χ1n) is 8.22. The standard InChI is InChI=1S/C17H15F3N6O/c1-24-8-7-12(23-24)15(27)25-9-10-26-14(21-22-16(26)17(18,19)20)13(25)11-5-3-2-4-6-11/h2-8,13H,9-10H2,1H3. The molecule has 0 aliphatic carbocycles. The summed E-state index contributed by atoms with van der Waals surface area (Å²) in [5.74, 6) is -1.33. The summed E-state index contributed by atoms with van der Waals surface area (Å²) in [6.45, 7) is 0.0438. The second-order valence-corrected chi connectivity index (χ2v) is 6.22. The van der Waals surface area contributed by atoms with Gasteiger partial charge in [0, 0.05) is 26.3 Å². The number of nitrogens with zero attached hydrogens (tertiary/aromatic N) is 6. The van der Waals surface area contributed by atoms with E-state index in [4.69, 9.17) is 0 Å². The van der Waals surface area contributed by atoms with E-state index in [1.807, 2.05) is 0 Å². The molecule has 3 heterocycles. The fourth-order valence-corrected chi connectivity index (χ4v) is 3.28. The fraction of sp³-hybridized carbons (Fsp3) is 0.294. The van der Waals surface area contributed by atoms with Crippen LogP contribution in [0.1, 0.15) is 33.7 Å². The molecule has 1 aliphatic heterocycles. The van der Waals surface area contributed by atoms with E-state index in [1.54, 1.807) is 49.6 Å². The molecule has 1 atom stereocenters. The zero-order valence-electron chi connectivity index (χ0n) is 14.3. The van der Waals surface area contributed by atoms with Gasteiger partial charge in [0.1, 0.15) is 11.7 Å². The zero-order valence-corrected chi connectivity index (χ0v) is 14.3. The molecule has 27 heavy (non-hydrogen) atoms. The lowest BCUT2D eigenvalue weighted by atomic mass is 10.0. The highest BCUT2D eigenvalue weighted by Crippen LogP contribution is 2.36. The van der Waals surface area contributed by atoms with Gasteiger partial charge in [-0.2, -0.15) is 18.3 Å². The first-order valence-corrected chi connectivity index (χ1v) is 8.22. The summed E-state index contributed by atoms with van der Waals surface area (Å²) in [6.07, 6.45) is -2.97. The van der Waals surface area contributed by atoms with Gasteiger partial charge < -0.3 is 9.47 Å². The lowest BCUT2D eigenvalue weighted by molar-refractivity contribution is -0.148. The van der Waals surface area contributed by atoms with Gasteiger partial charge >= 0.3 is 6.18 Å². The number of aromatic nitrogens is 5. The average Bonchev–Trinajstić information content (AvgIpc) is 3.27. The summed E-state index contributed by atoms with van der Waals surface area (Å²) in [7, 11) is 1.69. The van der Waals surface area contributed by atoms with Crippen LogP contribution in [-0.4, -0.2) is 41.9 Å². The van der Waals surface area contributed by atoms with Gasteiger partial charge in [-0.25, -0.2) is 0 Å². The molecule has 0 spiro atoms. The van der Waals surface area contributed by atoms with Crippen molar-refractivity contribution in [2.75, 3.05) is 6.54 Å². The molecule has 2 aromatic heterocycles. The lowest BCUT2D eigenvalue weighted by Crippen LogP contribution is -2.43. The molecule has 1 aromatic carbocycles. The minimum absolute atomic E-state index is 0.0426. The van der Waals surface area contributed by atoms with Gasteiger partial charge in [0.15, 0.2) is 5.82 Å². The molecule has 1 aliphatic rings. The third kappa shape index (κ3) is 2.96.